The number of ketones is 1. The average molecular weight is 267 g/mol. The van der Waals surface area contributed by atoms with Crippen molar-refractivity contribution in [2.45, 2.75) is 46.7 Å². The summed E-state index contributed by atoms with van der Waals surface area (Å²) in [6.45, 7) is 8.76. The van der Waals surface area contributed by atoms with E-state index in [0.717, 1.165) is 19.0 Å². The molecule has 0 aliphatic carbocycles. The van der Waals surface area contributed by atoms with Crippen molar-refractivity contribution in [3.8, 4) is 5.75 Å². The predicted octanol–water partition coefficient (Wildman–Crippen LogP) is 3.35. The predicted molar refractivity (Wildman–Crippen MR) is 73.9 cm³/mol. The van der Waals surface area contributed by atoms with Gasteiger partial charge in [-0.3, -0.25) is 9.69 Å². The first-order valence-electron chi connectivity index (χ1n) is 6.67. The fourth-order valence-electron chi connectivity index (χ4n) is 2.10. The zero-order chi connectivity index (χ0) is 14.6. The Morgan fingerprint density at radius 1 is 1.42 bits per heavy atom. The molecule has 19 heavy (non-hydrogen) atoms. The molecule has 0 fully saturated rings. The van der Waals surface area contributed by atoms with Crippen molar-refractivity contribution in [1.29, 1.82) is 0 Å². The molecule has 106 valence electrons. The van der Waals surface area contributed by atoms with Gasteiger partial charge in [-0.25, -0.2) is 4.39 Å². The first-order chi connectivity index (χ1) is 8.90. The quantitative estimate of drug-likeness (QED) is 0.803. The van der Waals surface area contributed by atoms with Gasteiger partial charge >= 0.3 is 0 Å². The number of aromatic hydroxyl groups is 1. The van der Waals surface area contributed by atoms with E-state index in [9.17, 15) is 14.3 Å². The van der Waals surface area contributed by atoms with Crippen molar-refractivity contribution in [3.63, 3.8) is 0 Å². The first kappa shape index (κ1) is 15.6. The van der Waals surface area contributed by atoms with Crippen LogP contribution in [0.3, 0.4) is 0 Å². The van der Waals surface area contributed by atoms with E-state index in [1.165, 1.54) is 13.0 Å². The number of Topliss-reactive ketones (excluding diaryl/α,β-unsaturated/α-hetero) is 1. The number of carbonyl (C=O) groups is 1. The van der Waals surface area contributed by atoms with E-state index in [0.29, 0.717) is 18.2 Å². The molecule has 4 heteroatoms. The number of benzene rings is 1. The maximum Gasteiger partial charge on any atom is 0.163 e. The van der Waals surface area contributed by atoms with Gasteiger partial charge < -0.3 is 5.11 Å². The molecule has 0 saturated heterocycles. The Morgan fingerprint density at radius 2 is 2.05 bits per heavy atom. The third-order valence-electron chi connectivity index (χ3n) is 3.53. The van der Waals surface area contributed by atoms with Crippen LogP contribution in [0.2, 0.25) is 0 Å². The van der Waals surface area contributed by atoms with Crippen LogP contribution < -0.4 is 0 Å². The molecule has 0 saturated carbocycles. The smallest absolute Gasteiger partial charge is 0.163 e. The van der Waals surface area contributed by atoms with Crippen molar-refractivity contribution < 1.29 is 14.3 Å². The summed E-state index contributed by atoms with van der Waals surface area (Å²) in [5, 5.41) is 10.1. The first-order valence-corrected chi connectivity index (χ1v) is 6.67. The molecular formula is C15H22FNO2. The summed E-state index contributed by atoms with van der Waals surface area (Å²) in [7, 11) is 0. The number of hydrogen-bond acceptors (Lipinski definition) is 3. The molecule has 1 rings (SSSR count). The zero-order valence-electron chi connectivity index (χ0n) is 12.0. The number of nitrogens with zero attached hydrogens (tertiary/aromatic N) is 1. The number of phenols is 1. The van der Waals surface area contributed by atoms with Crippen LogP contribution >= 0.6 is 0 Å². The fourth-order valence-corrected chi connectivity index (χ4v) is 2.10. The van der Waals surface area contributed by atoms with Crippen LogP contribution in [0.1, 0.15) is 50.0 Å². The van der Waals surface area contributed by atoms with Crippen molar-refractivity contribution in [1.82, 2.24) is 4.90 Å². The minimum absolute atomic E-state index is 0.0511. The lowest BCUT2D eigenvalue weighted by Crippen LogP contribution is -2.32. The third kappa shape index (κ3) is 3.77. The molecule has 1 atom stereocenters. The van der Waals surface area contributed by atoms with Gasteiger partial charge in [-0.15, -0.1) is 0 Å². The Bertz CT molecular complexity index is 460. The standard InChI is InChI=1S/C15H22FNO2/c1-5-10(3)17(6-2)9-12-7-13(16)8-14(11(4)18)15(12)19/h7-8,10,19H,5-6,9H2,1-4H3. The summed E-state index contributed by atoms with van der Waals surface area (Å²) in [6, 6.07) is 2.72. The van der Waals surface area contributed by atoms with Gasteiger partial charge in [0.25, 0.3) is 0 Å². The van der Waals surface area contributed by atoms with Gasteiger partial charge in [0.15, 0.2) is 5.78 Å². The van der Waals surface area contributed by atoms with Crippen LogP contribution in [-0.2, 0) is 6.54 Å². The van der Waals surface area contributed by atoms with Crippen LogP contribution in [0.5, 0.6) is 5.75 Å². The molecule has 3 nitrogen and oxygen atoms in total. The topological polar surface area (TPSA) is 40.5 Å². The minimum Gasteiger partial charge on any atom is -0.507 e. The normalized spacial score (nSPS) is 12.7. The summed E-state index contributed by atoms with van der Waals surface area (Å²) in [6.07, 6.45) is 0.976. The molecule has 1 unspecified atom stereocenters. The average Bonchev–Trinajstić information content (AvgIpc) is 2.37. The molecule has 0 amide bonds. The number of halogens is 1. The monoisotopic (exact) mass is 267 g/mol. The van der Waals surface area contributed by atoms with Crippen LogP contribution in [-0.4, -0.2) is 28.4 Å². The molecule has 1 aromatic rings. The molecule has 0 aliphatic heterocycles. The van der Waals surface area contributed by atoms with E-state index < -0.39 is 5.82 Å². The Labute approximate surface area is 114 Å². The maximum atomic E-state index is 13.5. The number of phenolic OH excluding ortho intramolecular Hbond substituents is 1. The highest BCUT2D eigenvalue weighted by Gasteiger charge is 2.17. The Hall–Kier alpha value is -1.42. The summed E-state index contributed by atoms with van der Waals surface area (Å²) in [5.74, 6) is -0.918. The second kappa shape index (κ2) is 6.66. The largest absolute Gasteiger partial charge is 0.507 e. The van der Waals surface area contributed by atoms with E-state index >= 15 is 0 Å². The number of hydrogen-bond donors (Lipinski definition) is 1. The molecule has 0 aromatic heterocycles. The molecule has 0 bridgehead atoms. The second-order valence-electron chi connectivity index (χ2n) is 4.84. The Balaban J connectivity index is 3.10. The van der Waals surface area contributed by atoms with E-state index in [4.69, 9.17) is 0 Å². The lowest BCUT2D eigenvalue weighted by Gasteiger charge is -2.27. The van der Waals surface area contributed by atoms with Crippen LogP contribution in [0.4, 0.5) is 4.39 Å². The lowest BCUT2D eigenvalue weighted by molar-refractivity contribution is 0.101. The second-order valence-corrected chi connectivity index (χ2v) is 4.84. The highest BCUT2D eigenvalue weighted by atomic mass is 19.1. The van der Waals surface area contributed by atoms with E-state index in [2.05, 4.69) is 18.7 Å². The highest BCUT2D eigenvalue weighted by Crippen LogP contribution is 2.26. The highest BCUT2D eigenvalue weighted by molar-refractivity contribution is 5.97. The third-order valence-corrected chi connectivity index (χ3v) is 3.53. The maximum absolute atomic E-state index is 13.5. The van der Waals surface area contributed by atoms with Gasteiger partial charge in [-0.2, -0.15) is 0 Å². The molecule has 0 heterocycles. The summed E-state index contributed by atoms with van der Waals surface area (Å²) < 4.78 is 13.5. The molecule has 0 radical (unpaired) electrons. The van der Waals surface area contributed by atoms with Crippen molar-refractivity contribution in [2.75, 3.05) is 6.54 Å². The van der Waals surface area contributed by atoms with Crippen LogP contribution in [0.15, 0.2) is 12.1 Å². The van der Waals surface area contributed by atoms with E-state index in [-0.39, 0.29) is 17.1 Å². The van der Waals surface area contributed by atoms with Gasteiger partial charge in [-0.05, 0) is 38.9 Å². The molecule has 1 aromatic carbocycles. The number of rotatable bonds is 6. The fraction of sp³-hybridized carbons (Fsp3) is 0.533. The van der Waals surface area contributed by atoms with Crippen LogP contribution in [0.25, 0.3) is 0 Å². The molecule has 0 spiro atoms. The molecule has 0 aliphatic rings. The van der Waals surface area contributed by atoms with Crippen molar-refractivity contribution in [3.05, 3.63) is 29.1 Å². The molecule has 1 N–H and O–H groups in total. The van der Waals surface area contributed by atoms with Gasteiger partial charge in [0.1, 0.15) is 11.6 Å². The summed E-state index contributed by atoms with van der Waals surface area (Å²) in [5.41, 5.74) is 0.516. The van der Waals surface area contributed by atoms with Gasteiger partial charge in [0.2, 0.25) is 0 Å². The van der Waals surface area contributed by atoms with Crippen LogP contribution in [0, 0.1) is 5.82 Å². The van der Waals surface area contributed by atoms with Gasteiger partial charge in [0, 0.05) is 18.2 Å². The Kier molecular flexibility index (Phi) is 5.48. The summed E-state index contributed by atoms with van der Waals surface area (Å²) >= 11 is 0. The lowest BCUT2D eigenvalue weighted by atomic mass is 10.0. The molecular weight excluding hydrogens is 245 g/mol. The Morgan fingerprint density at radius 3 is 2.53 bits per heavy atom. The van der Waals surface area contributed by atoms with Gasteiger partial charge in [0.05, 0.1) is 5.56 Å². The van der Waals surface area contributed by atoms with Gasteiger partial charge in [-0.1, -0.05) is 13.8 Å². The van der Waals surface area contributed by atoms with Crippen molar-refractivity contribution >= 4 is 5.78 Å². The summed E-state index contributed by atoms with van der Waals surface area (Å²) in [4.78, 5) is 13.5. The minimum atomic E-state index is -0.488. The zero-order valence-corrected chi connectivity index (χ0v) is 12.0. The number of carbonyl (C=O) groups excluding carboxylic acids is 1. The van der Waals surface area contributed by atoms with E-state index in [1.807, 2.05) is 6.92 Å². The van der Waals surface area contributed by atoms with Crippen molar-refractivity contribution in [2.24, 2.45) is 0 Å². The SMILES string of the molecule is CCC(C)N(CC)Cc1cc(F)cc(C(C)=O)c1O. The van der Waals surface area contributed by atoms with E-state index in [1.54, 1.807) is 0 Å².